The maximum atomic E-state index is 5.58. The normalized spacial score (nSPS) is 22.1. The van der Waals surface area contributed by atoms with Crippen molar-refractivity contribution in [3.05, 3.63) is 310 Å². The molecule has 1 saturated heterocycles. The number of aliphatic imine (C=N–C) groups is 2. The van der Waals surface area contributed by atoms with Gasteiger partial charge in [-0.1, -0.05) is 242 Å². The molecular weight excluding hydrogens is 953 g/mol. The van der Waals surface area contributed by atoms with Gasteiger partial charge in [0.2, 0.25) is 0 Å². The minimum atomic E-state index is -0.525. The highest BCUT2D eigenvalue weighted by Crippen LogP contribution is 2.55. The molecule has 78 heavy (non-hydrogen) atoms. The number of fused-ring (bicyclic) bond motifs is 8. The first-order valence-corrected chi connectivity index (χ1v) is 27.2. The number of hydrogen-bond acceptors (Lipinski definition) is 6. The SMILES string of the molecule is C1=CC2c3c(c(-c4ccccc4)cc4c5ccccc5n(-c5ccc(C6NC(c7ccccc7)NC(c7ccccc7)N6)cc5C5=NC(c6ccccc6)[N-]C(c6ccccc6)=N5)c34)N(C3C=Cc4ccccc4C3)C2C=C1. The fourth-order valence-corrected chi connectivity index (χ4v) is 12.7. The van der Waals surface area contributed by atoms with Crippen LogP contribution in [-0.4, -0.2) is 28.3 Å². The Balaban J connectivity index is 0.999. The van der Waals surface area contributed by atoms with Crippen molar-refractivity contribution in [2.24, 2.45) is 9.98 Å². The molecule has 3 N–H and O–H groups in total. The number of hydrogen-bond donors (Lipinski definition) is 3. The molecule has 9 aromatic carbocycles. The summed E-state index contributed by atoms with van der Waals surface area (Å²) in [5, 5.41) is 19.5. The lowest BCUT2D eigenvalue weighted by atomic mass is 9.88. The van der Waals surface area contributed by atoms with E-state index in [1.165, 1.54) is 49.8 Å². The number of anilines is 1. The highest BCUT2D eigenvalue weighted by atomic mass is 15.4. The third kappa shape index (κ3) is 8.03. The molecule has 10 aromatic rings. The Labute approximate surface area is 454 Å². The summed E-state index contributed by atoms with van der Waals surface area (Å²) in [7, 11) is 0. The van der Waals surface area contributed by atoms with E-state index in [1.54, 1.807) is 0 Å². The molecule has 8 nitrogen and oxygen atoms in total. The molecule has 0 radical (unpaired) electrons. The van der Waals surface area contributed by atoms with Gasteiger partial charge in [0.25, 0.3) is 0 Å². The van der Waals surface area contributed by atoms with Crippen LogP contribution in [0.25, 0.3) is 50.0 Å². The van der Waals surface area contributed by atoms with Crippen LogP contribution in [0.5, 0.6) is 0 Å². The van der Waals surface area contributed by atoms with Crippen molar-refractivity contribution in [1.82, 2.24) is 20.5 Å². The van der Waals surface area contributed by atoms with Crippen LogP contribution in [0.15, 0.2) is 265 Å². The van der Waals surface area contributed by atoms with Crippen LogP contribution in [0.1, 0.15) is 80.7 Å². The lowest BCUT2D eigenvalue weighted by molar-refractivity contribution is 0.203. The number of nitrogens with zero attached hydrogens (tertiary/aromatic N) is 5. The smallest absolute Gasteiger partial charge is 0.0864 e. The first-order valence-electron chi connectivity index (χ1n) is 27.2. The Bertz CT molecular complexity index is 4000. The van der Waals surface area contributed by atoms with Gasteiger partial charge in [0.1, 0.15) is 0 Å². The van der Waals surface area contributed by atoms with E-state index in [-0.39, 0.29) is 36.5 Å². The fourth-order valence-electron chi connectivity index (χ4n) is 12.7. The summed E-state index contributed by atoms with van der Waals surface area (Å²) in [6, 6.07) is 80.5. The summed E-state index contributed by atoms with van der Waals surface area (Å²) in [5.74, 6) is 1.33. The minimum Gasteiger partial charge on any atom is -0.438 e. The zero-order chi connectivity index (χ0) is 51.5. The van der Waals surface area contributed by atoms with Gasteiger partial charge in [0.15, 0.2) is 0 Å². The van der Waals surface area contributed by atoms with Gasteiger partial charge in [-0.15, -0.1) is 0 Å². The lowest BCUT2D eigenvalue weighted by Crippen LogP contribution is -2.54. The maximum absolute atomic E-state index is 5.58. The maximum Gasteiger partial charge on any atom is 0.0864 e. The monoisotopic (exact) mass is 1010 g/mol. The van der Waals surface area contributed by atoms with Crippen LogP contribution in [0.4, 0.5) is 5.69 Å². The zero-order valence-corrected chi connectivity index (χ0v) is 42.8. The second-order valence-corrected chi connectivity index (χ2v) is 20.9. The number of nitrogens with one attached hydrogen (secondary N) is 3. The molecule has 2 aliphatic carbocycles. The fraction of sp³-hybridized carbons (Fsp3) is 0.114. The molecule has 1 fully saturated rings. The van der Waals surface area contributed by atoms with Crippen LogP contribution in [0.3, 0.4) is 0 Å². The van der Waals surface area contributed by atoms with Crippen molar-refractivity contribution in [1.29, 1.82) is 0 Å². The molecule has 0 spiro atoms. The van der Waals surface area contributed by atoms with E-state index in [4.69, 9.17) is 15.3 Å². The standard InChI is InChI=1S/C70H55N8/c1-6-23-46(24-7-1)56-44-57-54-34-18-20-36-59(54)78(64(57)62-55-35-19-21-37-60(55)77(63(56)62)53-40-38-45-22-16-17-33-51(45)42-53)61-41-39-52(69-73-65(47-25-8-2-9-26-47)71-66(74-69)48-27-10-3-11-28-48)43-58(61)70-75-67(49-29-12-4-13-30-49)72-68(76-70)50-31-14-5-15-32-50/h1-41,43-44,53,55,60,65-67,69,71,73-74H,42H2/q-1. The number of rotatable bonds is 9. The van der Waals surface area contributed by atoms with E-state index >= 15 is 0 Å². The summed E-state index contributed by atoms with van der Waals surface area (Å²) in [6.07, 6.45) is 14.0. The first kappa shape index (κ1) is 46.1. The Kier molecular flexibility index (Phi) is 11.5. The van der Waals surface area contributed by atoms with Crippen molar-refractivity contribution in [2.75, 3.05) is 4.90 Å². The quantitative estimate of drug-likeness (QED) is 0.135. The minimum absolute atomic E-state index is 0.0662. The summed E-state index contributed by atoms with van der Waals surface area (Å²) in [5.41, 5.74) is 17.2. The van der Waals surface area contributed by atoms with Gasteiger partial charge < -0.3 is 19.8 Å². The van der Waals surface area contributed by atoms with Gasteiger partial charge in [-0.3, -0.25) is 20.9 Å². The number of aromatic nitrogens is 1. The summed E-state index contributed by atoms with van der Waals surface area (Å²) >= 11 is 0. The van der Waals surface area contributed by atoms with Gasteiger partial charge in [0.05, 0.1) is 65.0 Å². The molecule has 6 atom stereocenters. The second kappa shape index (κ2) is 19.4. The molecule has 0 bridgehead atoms. The van der Waals surface area contributed by atoms with E-state index in [1.807, 2.05) is 12.1 Å². The van der Waals surface area contributed by atoms with Gasteiger partial charge in [0, 0.05) is 33.4 Å². The molecule has 5 aliphatic rings. The second-order valence-electron chi connectivity index (χ2n) is 20.9. The van der Waals surface area contributed by atoms with Crippen LogP contribution in [-0.2, 0) is 6.42 Å². The van der Waals surface area contributed by atoms with Crippen LogP contribution in [0, 0.1) is 0 Å². The van der Waals surface area contributed by atoms with Crippen molar-refractivity contribution < 1.29 is 0 Å². The Morgan fingerprint density at radius 2 is 1.10 bits per heavy atom. The Morgan fingerprint density at radius 1 is 0.500 bits per heavy atom. The van der Waals surface area contributed by atoms with E-state index in [0.717, 1.165) is 51.0 Å². The first-order chi connectivity index (χ1) is 38.7. The molecule has 6 unspecified atom stereocenters. The predicted octanol–water partition coefficient (Wildman–Crippen LogP) is 14.9. The lowest BCUT2D eigenvalue weighted by Gasteiger charge is -2.40. The van der Waals surface area contributed by atoms with Crippen LogP contribution in [0.2, 0.25) is 0 Å². The average molecular weight is 1010 g/mol. The predicted molar refractivity (Wildman–Crippen MR) is 319 cm³/mol. The molecular formula is C70H55N8-. The van der Waals surface area contributed by atoms with Gasteiger partial charge in [-0.25, -0.2) is 0 Å². The third-order valence-corrected chi connectivity index (χ3v) is 16.3. The highest BCUT2D eigenvalue weighted by molar-refractivity contribution is 6.21. The van der Waals surface area contributed by atoms with E-state index in [9.17, 15) is 0 Å². The molecule has 1 aromatic heterocycles. The third-order valence-electron chi connectivity index (χ3n) is 16.3. The average Bonchev–Trinajstić information content (AvgIpc) is 3.69. The molecule has 3 aliphatic heterocycles. The Hall–Kier alpha value is -9.18. The van der Waals surface area contributed by atoms with Gasteiger partial charge in [-0.05, 0) is 75.2 Å². The number of allylic oxidation sites excluding steroid dienone is 2. The topological polar surface area (TPSA) is 83.1 Å². The Morgan fingerprint density at radius 3 is 1.82 bits per heavy atom. The zero-order valence-electron chi connectivity index (χ0n) is 42.8. The van der Waals surface area contributed by atoms with Crippen LogP contribution >= 0.6 is 0 Å². The summed E-state index contributed by atoms with van der Waals surface area (Å²) in [6.45, 7) is 0. The molecule has 4 heterocycles. The molecule has 376 valence electrons. The van der Waals surface area contributed by atoms with E-state index in [0.29, 0.717) is 11.7 Å². The number of amidine groups is 2. The van der Waals surface area contributed by atoms with E-state index in [2.05, 4.69) is 274 Å². The molecule has 0 amide bonds. The van der Waals surface area contributed by atoms with Gasteiger partial charge in [-0.2, -0.15) is 0 Å². The van der Waals surface area contributed by atoms with E-state index < -0.39 is 6.17 Å². The van der Waals surface area contributed by atoms with Gasteiger partial charge >= 0.3 is 0 Å². The van der Waals surface area contributed by atoms with Crippen molar-refractivity contribution in [3.8, 4) is 16.8 Å². The number of benzene rings is 9. The van der Waals surface area contributed by atoms with Crippen LogP contribution < -0.4 is 20.9 Å². The summed E-state index contributed by atoms with van der Waals surface area (Å²) < 4.78 is 2.54. The molecule has 15 rings (SSSR count). The molecule has 0 saturated carbocycles. The van der Waals surface area contributed by atoms with Crippen molar-refractivity contribution in [2.45, 2.75) is 49.1 Å². The largest absolute Gasteiger partial charge is 0.438 e. The highest BCUT2D eigenvalue weighted by Gasteiger charge is 2.44. The molecule has 8 heteroatoms. The number of para-hydroxylation sites is 1. The summed E-state index contributed by atoms with van der Waals surface area (Å²) in [4.78, 5) is 13.8. The van der Waals surface area contributed by atoms with Crippen molar-refractivity contribution >= 4 is 45.2 Å². The van der Waals surface area contributed by atoms with Crippen molar-refractivity contribution in [3.63, 3.8) is 0 Å².